The number of hydrogen-bond acceptors (Lipinski definition) is 0. The SMILES string of the molecule is CCCc1c(C(C)C)cccc1C(C)C. The molecule has 1 rings (SSSR count). The fraction of sp³-hybridized carbons (Fsp3) is 0.600. The topological polar surface area (TPSA) is 0 Å². The Hall–Kier alpha value is -0.780. The van der Waals surface area contributed by atoms with Gasteiger partial charge in [-0.05, 0) is 34.9 Å². The molecule has 0 saturated carbocycles. The number of rotatable bonds is 4. The molecule has 15 heavy (non-hydrogen) atoms. The van der Waals surface area contributed by atoms with Crippen LogP contribution in [0.5, 0.6) is 0 Å². The van der Waals surface area contributed by atoms with E-state index in [0.29, 0.717) is 11.8 Å². The Kier molecular flexibility index (Phi) is 4.38. The van der Waals surface area contributed by atoms with E-state index >= 15 is 0 Å². The molecule has 0 unspecified atom stereocenters. The zero-order valence-electron chi connectivity index (χ0n) is 10.8. The van der Waals surface area contributed by atoms with E-state index in [1.165, 1.54) is 12.8 Å². The molecular formula is C15H24. The van der Waals surface area contributed by atoms with Crippen LogP contribution >= 0.6 is 0 Å². The summed E-state index contributed by atoms with van der Waals surface area (Å²) >= 11 is 0. The van der Waals surface area contributed by atoms with E-state index in [-0.39, 0.29) is 0 Å². The van der Waals surface area contributed by atoms with Crippen molar-refractivity contribution in [3.8, 4) is 0 Å². The molecule has 0 aliphatic carbocycles. The predicted molar refractivity (Wildman–Crippen MR) is 68.6 cm³/mol. The van der Waals surface area contributed by atoms with E-state index in [9.17, 15) is 0 Å². The first kappa shape index (κ1) is 12.3. The second-order valence-corrected chi connectivity index (χ2v) is 4.97. The van der Waals surface area contributed by atoms with Crippen LogP contribution < -0.4 is 0 Å². The van der Waals surface area contributed by atoms with Crippen LogP contribution in [0.25, 0.3) is 0 Å². The van der Waals surface area contributed by atoms with Crippen LogP contribution in [0.1, 0.15) is 69.6 Å². The lowest BCUT2D eigenvalue weighted by Gasteiger charge is -2.19. The van der Waals surface area contributed by atoms with Crippen molar-refractivity contribution in [2.24, 2.45) is 0 Å². The smallest absolute Gasteiger partial charge is 0.0216 e. The molecule has 84 valence electrons. The van der Waals surface area contributed by atoms with Gasteiger partial charge >= 0.3 is 0 Å². The highest BCUT2D eigenvalue weighted by Gasteiger charge is 2.12. The van der Waals surface area contributed by atoms with Gasteiger partial charge in [-0.2, -0.15) is 0 Å². The van der Waals surface area contributed by atoms with Crippen LogP contribution in [0, 0.1) is 0 Å². The highest BCUT2D eigenvalue weighted by atomic mass is 14.2. The first-order valence-corrected chi connectivity index (χ1v) is 6.19. The molecule has 0 saturated heterocycles. The lowest BCUT2D eigenvalue weighted by Crippen LogP contribution is -2.03. The van der Waals surface area contributed by atoms with E-state index in [0.717, 1.165) is 0 Å². The fourth-order valence-corrected chi connectivity index (χ4v) is 2.24. The lowest BCUT2D eigenvalue weighted by molar-refractivity contribution is 0.777. The molecule has 0 heterocycles. The van der Waals surface area contributed by atoms with Crippen molar-refractivity contribution in [3.63, 3.8) is 0 Å². The van der Waals surface area contributed by atoms with E-state index in [4.69, 9.17) is 0 Å². The second-order valence-electron chi connectivity index (χ2n) is 4.97. The van der Waals surface area contributed by atoms with Gasteiger partial charge in [-0.15, -0.1) is 0 Å². The van der Waals surface area contributed by atoms with Gasteiger partial charge in [0.25, 0.3) is 0 Å². The van der Waals surface area contributed by atoms with Crippen LogP contribution in [0.4, 0.5) is 0 Å². The number of hydrogen-bond donors (Lipinski definition) is 0. The molecule has 0 fully saturated rings. The van der Waals surface area contributed by atoms with Gasteiger partial charge in [0.05, 0.1) is 0 Å². The Labute approximate surface area is 94.7 Å². The predicted octanol–water partition coefficient (Wildman–Crippen LogP) is 4.89. The van der Waals surface area contributed by atoms with Gasteiger partial charge in [-0.3, -0.25) is 0 Å². The highest BCUT2D eigenvalue weighted by molar-refractivity contribution is 5.39. The Morgan fingerprint density at radius 2 is 1.40 bits per heavy atom. The van der Waals surface area contributed by atoms with Gasteiger partial charge in [-0.25, -0.2) is 0 Å². The molecule has 0 amide bonds. The summed E-state index contributed by atoms with van der Waals surface area (Å²) in [5.74, 6) is 1.29. The minimum Gasteiger partial charge on any atom is -0.0651 e. The minimum atomic E-state index is 0.644. The monoisotopic (exact) mass is 204 g/mol. The third-order valence-corrected chi connectivity index (χ3v) is 2.99. The summed E-state index contributed by atoms with van der Waals surface area (Å²) in [6, 6.07) is 6.80. The summed E-state index contributed by atoms with van der Waals surface area (Å²) in [7, 11) is 0. The molecule has 0 atom stereocenters. The third kappa shape index (κ3) is 2.84. The number of benzene rings is 1. The Bertz CT molecular complexity index is 282. The molecule has 0 nitrogen and oxygen atoms in total. The largest absolute Gasteiger partial charge is 0.0651 e. The van der Waals surface area contributed by atoms with Crippen LogP contribution in [0.3, 0.4) is 0 Å². The first-order valence-electron chi connectivity index (χ1n) is 6.19. The van der Waals surface area contributed by atoms with Crippen molar-refractivity contribution in [2.75, 3.05) is 0 Å². The van der Waals surface area contributed by atoms with Crippen molar-refractivity contribution < 1.29 is 0 Å². The van der Waals surface area contributed by atoms with Gasteiger partial charge in [0.2, 0.25) is 0 Å². The highest BCUT2D eigenvalue weighted by Crippen LogP contribution is 2.28. The van der Waals surface area contributed by atoms with E-state index in [2.05, 4.69) is 52.8 Å². The second kappa shape index (κ2) is 5.34. The fourth-order valence-electron chi connectivity index (χ4n) is 2.24. The Morgan fingerprint density at radius 1 is 0.933 bits per heavy atom. The maximum Gasteiger partial charge on any atom is -0.0216 e. The van der Waals surface area contributed by atoms with Crippen molar-refractivity contribution >= 4 is 0 Å². The first-order chi connectivity index (χ1) is 7.07. The normalized spacial score (nSPS) is 11.4. The molecule has 0 aliphatic heterocycles. The summed E-state index contributed by atoms with van der Waals surface area (Å²) in [4.78, 5) is 0. The molecule has 0 bridgehead atoms. The van der Waals surface area contributed by atoms with Gasteiger partial charge in [0.1, 0.15) is 0 Å². The maximum absolute atomic E-state index is 2.29. The van der Waals surface area contributed by atoms with Gasteiger partial charge in [0.15, 0.2) is 0 Å². The van der Waals surface area contributed by atoms with Gasteiger partial charge < -0.3 is 0 Å². The molecule has 0 spiro atoms. The van der Waals surface area contributed by atoms with Crippen LogP contribution in [-0.2, 0) is 6.42 Å². The van der Waals surface area contributed by atoms with Crippen LogP contribution in [0.15, 0.2) is 18.2 Å². The Balaban J connectivity index is 3.21. The minimum absolute atomic E-state index is 0.644. The molecule has 1 aromatic rings. The van der Waals surface area contributed by atoms with Gasteiger partial charge in [0, 0.05) is 0 Å². The van der Waals surface area contributed by atoms with E-state index in [1.54, 1.807) is 16.7 Å². The zero-order chi connectivity index (χ0) is 11.4. The molecule has 0 heteroatoms. The summed E-state index contributed by atoms with van der Waals surface area (Å²) < 4.78 is 0. The average molecular weight is 204 g/mol. The summed E-state index contributed by atoms with van der Waals surface area (Å²) in [5, 5.41) is 0. The maximum atomic E-state index is 2.29. The molecule has 0 aliphatic rings. The molecule has 1 aromatic carbocycles. The quantitative estimate of drug-likeness (QED) is 0.655. The molecule has 0 N–H and O–H groups in total. The zero-order valence-corrected chi connectivity index (χ0v) is 10.8. The van der Waals surface area contributed by atoms with Crippen molar-refractivity contribution in [3.05, 3.63) is 34.9 Å². The molecule has 0 radical (unpaired) electrons. The van der Waals surface area contributed by atoms with E-state index in [1.807, 2.05) is 0 Å². The third-order valence-electron chi connectivity index (χ3n) is 2.99. The van der Waals surface area contributed by atoms with Crippen LogP contribution in [0.2, 0.25) is 0 Å². The van der Waals surface area contributed by atoms with Crippen molar-refractivity contribution in [1.29, 1.82) is 0 Å². The summed E-state index contributed by atoms with van der Waals surface area (Å²) in [5.41, 5.74) is 4.69. The Morgan fingerprint density at radius 3 is 1.73 bits per heavy atom. The standard InChI is InChI=1S/C15H24/c1-6-8-15-13(11(2)3)9-7-10-14(15)12(4)5/h7,9-12H,6,8H2,1-5H3. The lowest BCUT2D eigenvalue weighted by atomic mass is 9.87. The van der Waals surface area contributed by atoms with E-state index < -0.39 is 0 Å². The molecular weight excluding hydrogens is 180 g/mol. The average Bonchev–Trinajstić information content (AvgIpc) is 2.17. The van der Waals surface area contributed by atoms with Crippen molar-refractivity contribution in [1.82, 2.24) is 0 Å². The van der Waals surface area contributed by atoms with Crippen LogP contribution in [-0.4, -0.2) is 0 Å². The summed E-state index contributed by atoms with van der Waals surface area (Å²) in [6.07, 6.45) is 2.46. The molecule has 0 aromatic heterocycles. The van der Waals surface area contributed by atoms with Gasteiger partial charge in [-0.1, -0.05) is 59.2 Å². The summed E-state index contributed by atoms with van der Waals surface area (Å²) in [6.45, 7) is 11.4. The van der Waals surface area contributed by atoms with Crippen molar-refractivity contribution in [2.45, 2.75) is 59.3 Å².